The van der Waals surface area contributed by atoms with Crippen LogP contribution in [0.3, 0.4) is 0 Å². The van der Waals surface area contributed by atoms with Crippen molar-refractivity contribution < 1.29 is 4.79 Å². The molecule has 1 heterocycles. The number of halogens is 1. The molecular formula is C21H31ClN2O. The van der Waals surface area contributed by atoms with Crippen LogP contribution in [0.25, 0.3) is 0 Å². The predicted octanol–water partition coefficient (Wildman–Crippen LogP) is 4.40. The second-order valence-electron chi connectivity index (χ2n) is 8.36. The van der Waals surface area contributed by atoms with Crippen LogP contribution in [-0.4, -0.2) is 37.0 Å². The van der Waals surface area contributed by atoms with Gasteiger partial charge < -0.3 is 10.2 Å². The summed E-state index contributed by atoms with van der Waals surface area (Å²) in [5.41, 5.74) is 2.75. The van der Waals surface area contributed by atoms with E-state index in [2.05, 4.69) is 31.3 Å². The van der Waals surface area contributed by atoms with Gasteiger partial charge in [-0.25, -0.2) is 0 Å². The molecule has 1 N–H and O–H groups in total. The average molecular weight is 363 g/mol. The number of rotatable bonds is 5. The number of amides is 1. The van der Waals surface area contributed by atoms with Crippen LogP contribution in [0.5, 0.6) is 0 Å². The number of carbonyl (C=O) groups is 1. The van der Waals surface area contributed by atoms with Gasteiger partial charge in [0.05, 0.1) is 6.54 Å². The minimum atomic E-state index is -0.0111. The van der Waals surface area contributed by atoms with Gasteiger partial charge in [-0.05, 0) is 55.4 Å². The van der Waals surface area contributed by atoms with Crippen molar-refractivity contribution in [1.82, 2.24) is 10.2 Å². The second-order valence-corrected chi connectivity index (χ2v) is 8.85. The number of carbonyl (C=O) groups excluding carboxylic acids is 1. The molecule has 0 aromatic heterocycles. The maximum Gasteiger partial charge on any atom is 0.236 e. The van der Waals surface area contributed by atoms with Crippen LogP contribution in [0, 0.1) is 11.3 Å². The van der Waals surface area contributed by atoms with Crippen LogP contribution in [0.15, 0.2) is 34.4 Å². The van der Waals surface area contributed by atoms with E-state index in [1.807, 2.05) is 11.0 Å². The van der Waals surface area contributed by atoms with Crippen molar-refractivity contribution in [2.24, 2.45) is 11.3 Å². The summed E-state index contributed by atoms with van der Waals surface area (Å²) < 4.78 is 0. The first-order chi connectivity index (χ1) is 12.0. The summed E-state index contributed by atoms with van der Waals surface area (Å²) in [5.74, 6) is 0.997. The molecule has 1 aliphatic heterocycles. The van der Waals surface area contributed by atoms with E-state index >= 15 is 0 Å². The fraction of sp³-hybridized carbons (Fsp3) is 0.667. The van der Waals surface area contributed by atoms with Crippen LogP contribution in [0.4, 0.5) is 0 Å². The topological polar surface area (TPSA) is 32.3 Å². The highest BCUT2D eigenvalue weighted by Gasteiger charge is 2.33. The molecule has 138 valence electrons. The summed E-state index contributed by atoms with van der Waals surface area (Å²) in [5, 5.41) is 4.32. The minimum Gasteiger partial charge on any atom is -0.337 e. The van der Waals surface area contributed by atoms with E-state index in [9.17, 15) is 4.79 Å². The molecule has 1 saturated carbocycles. The molecule has 0 saturated heterocycles. The van der Waals surface area contributed by atoms with Crippen molar-refractivity contribution in [3.63, 3.8) is 0 Å². The lowest BCUT2D eigenvalue weighted by atomic mass is 9.75. The molecule has 0 atom stereocenters. The van der Waals surface area contributed by atoms with Crippen molar-refractivity contribution >= 4 is 17.5 Å². The lowest BCUT2D eigenvalue weighted by Crippen LogP contribution is -2.47. The molecular weight excluding hydrogens is 332 g/mol. The normalized spacial score (nSPS) is 24.0. The van der Waals surface area contributed by atoms with Gasteiger partial charge in [-0.3, -0.25) is 4.79 Å². The van der Waals surface area contributed by atoms with Crippen molar-refractivity contribution in [2.75, 3.05) is 26.2 Å². The quantitative estimate of drug-likeness (QED) is 0.785. The molecule has 0 unspecified atom stereocenters. The number of hydrogen-bond donors (Lipinski definition) is 1. The van der Waals surface area contributed by atoms with Crippen LogP contribution >= 0.6 is 11.6 Å². The Bertz CT molecular complexity index is 597. The molecule has 2 aliphatic carbocycles. The Morgan fingerprint density at radius 1 is 1.28 bits per heavy atom. The van der Waals surface area contributed by atoms with Gasteiger partial charge in [0.2, 0.25) is 5.91 Å². The Hall–Kier alpha value is -1.06. The van der Waals surface area contributed by atoms with E-state index in [0.717, 1.165) is 43.4 Å². The number of hydrogen-bond acceptors (Lipinski definition) is 2. The van der Waals surface area contributed by atoms with E-state index < -0.39 is 0 Å². The zero-order valence-electron chi connectivity index (χ0n) is 15.6. The summed E-state index contributed by atoms with van der Waals surface area (Å²) in [6, 6.07) is 0. The van der Waals surface area contributed by atoms with E-state index in [-0.39, 0.29) is 11.3 Å². The Labute approximate surface area is 157 Å². The van der Waals surface area contributed by atoms with Crippen molar-refractivity contribution in [3.05, 3.63) is 34.4 Å². The summed E-state index contributed by atoms with van der Waals surface area (Å²) >= 11 is 6.09. The third-order valence-corrected chi connectivity index (χ3v) is 6.13. The molecule has 25 heavy (non-hydrogen) atoms. The molecule has 0 aromatic rings. The smallest absolute Gasteiger partial charge is 0.236 e. The Kier molecular flexibility index (Phi) is 6.06. The van der Waals surface area contributed by atoms with Gasteiger partial charge in [-0.1, -0.05) is 50.4 Å². The molecule has 1 fully saturated rings. The van der Waals surface area contributed by atoms with Crippen LogP contribution < -0.4 is 5.32 Å². The average Bonchev–Trinajstić information content (AvgIpc) is 3.08. The molecule has 3 rings (SSSR count). The van der Waals surface area contributed by atoms with Crippen molar-refractivity contribution in [1.29, 1.82) is 0 Å². The Morgan fingerprint density at radius 3 is 2.68 bits per heavy atom. The second kappa shape index (κ2) is 8.09. The predicted molar refractivity (Wildman–Crippen MR) is 105 cm³/mol. The Balaban J connectivity index is 1.56. The lowest BCUT2D eigenvalue weighted by molar-refractivity contribution is -0.131. The maximum atomic E-state index is 12.6. The first-order valence-corrected chi connectivity index (χ1v) is 10.1. The SMILES string of the molecule is CC1(C)CN(C(=O)CNCC2CCCC2)CC=C1C1=CC=C(Cl)CC1. The van der Waals surface area contributed by atoms with Crippen LogP contribution in [0.2, 0.25) is 0 Å². The summed E-state index contributed by atoms with van der Waals surface area (Å²) in [7, 11) is 0. The zero-order chi connectivity index (χ0) is 17.9. The largest absolute Gasteiger partial charge is 0.337 e. The zero-order valence-corrected chi connectivity index (χ0v) is 16.4. The van der Waals surface area contributed by atoms with Gasteiger partial charge in [0.15, 0.2) is 0 Å². The maximum absolute atomic E-state index is 12.6. The molecule has 3 nitrogen and oxygen atoms in total. The van der Waals surface area contributed by atoms with E-state index in [1.165, 1.54) is 36.8 Å². The third-order valence-electron chi connectivity index (χ3n) is 5.81. The molecule has 0 spiro atoms. The van der Waals surface area contributed by atoms with Gasteiger partial charge in [0.25, 0.3) is 0 Å². The molecule has 1 amide bonds. The van der Waals surface area contributed by atoms with Gasteiger partial charge in [0, 0.05) is 23.5 Å². The highest BCUT2D eigenvalue weighted by atomic mass is 35.5. The van der Waals surface area contributed by atoms with Crippen molar-refractivity contribution in [2.45, 2.75) is 52.4 Å². The van der Waals surface area contributed by atoms with E-state index in [1.54, 1.807) is 0 Å². The van der Waals surface area contributed by atoms with Crippen molar-refractivity contribution in [3.8, 4) is 0 Å². The van der Waals surface area contributed by atoms with Crippen LogP contribution in [-0.2, 0) is 4.79 Å². The first-order valence-electron chi connectivity index (χ1n) is 9.70. The lowest BCUT2D eigenvalue weighted by Gasteiger charge is -2.40. The molecule has 0 bridgehead atoms. The van der Waals surface area contributed by atoms with Gasteiger partial charge in [0.1, 0.15) is 0 Å². The Morgan fingerprint density at radius 2 is 2.04 bits per heavy atom. The number of nitrogens with zero attached hydrogens (tertiary/aromatic N) is 1. The highest BCUT2D eigenvalue weighted by molar-refractivity contribution is 6.29. The molecule has 3 aliphatic rings. The summed E-state index contributed by atoms with van der Waals surface area (Å²) in [6.45, 7) is 7.45. The fourth-order valence-corrected chi connectivity index (χ4v) is 4.56. The van der Waals surface area contributed by atoms with Gasteiger partial charge in [-0.2, -0.15) is 0 Å². The van der Waals surface area contributed by atoms with Gasteiger partial charge in [-0.15, -0.1) is 0 Å². The molecule has 4 heteroatoms. The van der Waals surface area contributed by atoms with E-state index in [0.29, 0.717) is 6.54 Å². The molecule has 0 aromatic carbocycles. The third kappa shape index (κ3) is 4.77. The van der Waals surface area contributed by atoms with Gasteiger partial charge >= 0.3 is 0 Å². The standard InChI is InChI=1S/C21H31ClN2O/c1-21(2)15-24(20(25)14-23-13-16-5-3-4-6-16)12-11-19(21)17-7-9-18(22)10-8-17/h7,9,11,16,23H,3-6,8,10,12-15H2,1-2H3. The highest BCUT2D eigenvalue weighted by Crippen LogP contribution is 2.39. The monoisotopic (exact) mass is 362 g/mol. The minimum absolute atomic E-state index is 0.0111. The number of allylic oxidation sites excluding steroid dienone is 4. The summed E-state index contributed by atoms with van der Waals surface area (Å²) in [4.78, 5) is 14.6. The first kappa shape index (κ1) is 18.7. The van der Waals surface area contributed by atoms with Crippen LogP contribution in [0.1, 0.15) is 52.4 Å². The molecule has 0 radical (unpaired) electrons. The number of nitrogens with one attached hydrogen (secondary N) is 1. The van der Waals surface area contributed by atoms with E-state index in [4.69, 9.17) is 11.6 Å². The fourth-order valence-electron chi connectivity index (χ4n) is 4.41. The summed E-state index contributed by atoms with van der Waals surface area (Å²) in [6.07, 6.45) is 13.7.